The van der Waals surface area contributed by atoms with Gasteiger partial charge >= 0.3 is 0 Å². The van der Waals surface area contributed by atoms with Gasteiger partial charge in [0.2, 0.25) is 5.88 Å². The molecule has 1 aliphatic rings. The van der Waals surface area contributed by atoms with Crippen LogP contribution >= 0.6 is 34.8 Å². The van der Waals surface area contributed by atoms with E-state index < -0.39 is 5.78 Å². The van der Waals surface area contributed by atoms with Gasteiger partial charge in [-0.1, -0.05) is 48.7 Å². The van der Waals surface area contributed by atoms with E-state index in [-0.39, 0.29) is 45.6 Å². The van der Waals surface area contributed by atoms with Crippen LogP contribution < -0.4 is 4.74 Å². The fourth-order valence-corrected chi connectivity index (χ4v) is 3.61. The average molecular weight is 456 g/mol. The summed E-state index contributed by atoms with van der Waals surface area (Å²) in [5, 5.41) is 13.8. The van der Waals surface area contributed by atoms with Crippen molar-refractivity contribution in [3.63, 3.8) is 0 Å². The Morgan fingerprint density at radius 2 is 1.76 bits per heavy atom. The zero-order valence-corrected chi connectivity index (χ0v) is 18.1. The molecule has 29 heavy (non-hydrogen) atoms. The van der Waals surface area contributed by atoms with Crippen LogP contribution in [0.3, 0.4) is 0 Å². The van der Waals surface area contributed by atoms with Crippen molar-refractivity contribution in [1.82, 2.24) is 15.2 Å². The molecule has 0 aliphatic carbocycles. The van der Waals surface area contributed by atoms with Crippen LogP contribution in [-0.4, -0.2) is 39.2 Å². The van der Waals surface area contributed by atoms with Crippen LogP contribution in [0.4, 0.5) is 0 Å². The topological polar surface area (TPSA) is 84.8 Å². The normalized spacial score (nSPS) is 14.4. The molecule has 0 saturated carbocycles. The molecule has 0 unspecified atom stereocenters. The van der Waals surface area contributed by atoms with Crippen molar-refractivity contribution in [2.24, 2.45) is 5.10 Å². The van der Waals surface area contributed by atoms with E-state index in [2.05, 4.69) is 15.3 Å². The number of carbonyl (C=O) groups excluding carboxylic acids is 2. The molecule has 7 nitrogen and oxygen atoms in total. The number of benzene rings is 1. The highest BCUT2D eigenvalue weighted by Crippen LogP contribution is 2.38. The molecule has 1 amide bonds. The van der Waals surface area contributed by atoms with Gasteiger partial charge < -0.3 is 4.74 Å². The van der Waals surface area contributed by atoms with Gasteiger partial charge in [0.1, 0.15) is 5.71 Å². The number of ketones is 1. The monoisotopic (exact) mass is 454 g/mol. The minimum Gasteiger partial charge on any atom is -0.434 e. The molecule has 2 heterocycles. The first-order valence-corrected chi connectivity index (χ1v) is 9.97. The predicted molar refractivity (Wildman–Crippen MR) is 111 cm³/mol. The van der Waals surface area contributed by atoms with Crippen molar-refractivity contribution in [3.05, 3.63) is 44.5 Å². The molecule has 1 aromatic carbocycles. The van der Waals surface area contributed by atoms with Gasteiger partial charge in [0, 0.05) is 18.2 Å². The fraction of sp³-hybridized carbons (Fsp3) is 0.316. The summed E-state index contributed by atoms with van der Waals surface area (Å²) in [6.45, 7) is 6.05. The van der Waals surface area contributed by atoms with Gasteiger partial charge in [-0.2, -0.15) is 5.10 Å². The lowest BCUT2D eigenvalue weighted by atomic mass is 10.0. The number of carbonyl (C=O) groups is 2. The first kappa shape index (κ1) is 21.5. The number of rotatable bonds is 5. The molecule has 0 spiro atoms. The fourth-order valence-electron chi connectivity index (χ4n) is 2.74. The Morgan fingerprint density at radius 1 is 1.10 bits per heavy atom. The summed E-state index contributed by atoms with van der Waals surface area (Å²) in [7, 11) is 0. The number of hydrogen-bond acceptors (Lipinski definition) is 6. The molecule has 0 fully saturated rings. The number of nitrogens with zero attached hydrogens (tertiary/aromatic N) is 4. The molecule has 0 radical (unpaired) electrons. The highest BCUT2D eigenvalue weighted by atomic mass is 35.5. The molecule has 1 aliphatic heterocycles. The van der Waals surface area contributed by atoms with Crippen LogP contribution in [0.2, 0.25) is 15.2 Å². The maximum Gasteiger partial charge on any atom is 0.250 e. The van der Waals surface area contributed by atoms with Crippen LogP contribution in [-0.2, 0) is 9.59 Å². The maximum atomic E-state index is 12.3. The Kier molecular flexibility index (Phi) is 6.41. The molecular weight excluding hydrogens is 439 g/mol. The van der Waals surface area contributed by atoms with E-state index in [1.807, 2.05) is 13.8 Å². The molecule has 3 rings (SSSR count). The summed E-state index contributed by atoms with van der Waals surface area (Å²) < 4.78 is 5.73. The maximum absolute atomic E-state index is 12.3. The summed E-state index contributed by atoms with van der Waals surface area (Å²) in [6, 6.07) is 4.69. The third kappa shape index (κ3) is 4.52. The molecule has 0 N–H and O–H groups in total. The minimum atomic E-state index is -0.398. The zero-order valence-electron chi connectivity index (χ0n) is 15.9. The Hall–Kier alpha value is -2.22. The SMILES string of the molecule is CCN1N=C(c2cc(Cl)c(Oc3cc(C(C)C)c(Cl)nn3)c(Cl)c2)C(=O)CC1=O. The molecule has 0 atom stereocenters. The molecule has 152 valence electrons. The van der Waals surface area contributed by atoms with Crippen molar-refractivity contribution in [2.45, 2.75) is 33.1 Å². The third-order valence-electron chi connectivity index (χ3n) is 4.24. The van der Waals surface area contributed by atoms with Crippen LogP contribution in [0.5, 0.6) is 11.6 Å². The van der Waals surface area contributed by atoms with Gasteiger partial charge in [0.25, 0.3) is 5.91 Å². The third-order valence-corrected chi connectivity index (χ3v) is 5.09. The van der Waals surface area contributed by atoms with Crippen LogP contribution in [0.1, 0.15) is 44.2 Å². The van der Waals surface area contributed by atoms with Crippen LogP contribution in [0, 0.1) is 0 Å². The van der Waals surface area contributed by atoms with E-state index in [0.29, 0.717) is 17.3 Å². The lowest BCUT2D eigenvalue weighted by Gasteiger charge is -2.21. The molecular formula is C19H17Cl3N4O3. The Morgan fingerprint density at radius 3 is 2.34 bits per heavy atom. The highest BCUT2D eigenvalue weighted by molar-refractivity contribution is 6.50. The predicted octanol–water partition coefficient (Wildman–Crippen LogP) is 4.88. The van der Waals surface area contributed by atoms with Gasteiger partial charge in [-0.05, 0) is 30.5 Å². The molecule has 0 saturated heterocycles. The van der Waals surface area contributed by atoms with E-state index in [9.17, 15) is 9.59 Å². The van der Waals surface area contributed by atoms with Gasteiger partial charge in [-0.3, -0.25) is 9.59 Å². The molecule has 10 heteroatoms. The lowest BCUT2D eigenvalue weighted by molar-refractivity contribution is -0.135. The van der Waals surface area contributed by atoms with Gasteiger partial charge in [-0.25, -0.2) is 5.01 Å². The summed E-state index contributed by atoms with van der Waals surface area (Å²) in [5.41, 5.74) is 1.29. The van der Waals surface area contributed by atoms with Crippen LogP contribution in [0.15, 0.2) is 23.3 Å². The van der Waals surface area contributed by atoms with E-state index in [1.165, 1.54) is 17.1 Å². The summed E-state index contributed by atoms with van der Waals surface area (Å²) in [4.78, 5) is 24.1. The summed E-state index contributed by atoms with van der Waals surface area (Å²) in [5.74, 6) is -0.279. The smallest absolute Gasteiger partial charge is 0.250 e. The van der Waals surface area contributed by atoms with E-state index >= 15 is 0 Å². The second-order valence-electron chi connectivity index (χ2n) is 6.61. The number of Topliss-reactive ketones (excluding diaryl/α,β-unsaturated/α-hetero) is 1. The van der Waals surface area contributed by atoms with Crippen molar-refractivity contribution in [1.29, 1.82) is 0 Å². The lowest BCUT2D eigenvalue weighted by Crippen LogP contribution is -2.37. The molecule has 2 aromatic rings. The first-order chi connectivity index (χ1) is 13.7. The second-order valence-corrected chi connectivity index (χ2v) is 7.78. The molecule has 0 bridgehead atoms. The van der Waals surface area contributed by atoms with Gasteiger partial charge in [0.05, 0.1) is 16.5 Å². The van der Waals surface area contributed by atoms with Gasteiger partial charge in [-0.15, -0.1) is 10.2 Å². The quantitative estimate of drug-likeness (QED) is 0.600. The number of amides is 1. The van der Waals surface area contributed by atoms with Crippen molar-refractivity contribution in [2.75, 3.05) is 6.54 Å². The number of aromatic nitrogens is 2. The van der Waals surface area contributed by atoms with Crippen LogP contribution in [0.25, 0.3) is 0 Å². The standard InChI is InChI=1S/C19H17Cl3N4O3/c1-4-26-16(28)8-14(27)17(25-26)10-5-12(20)18(13(21)6-10)29-15-7-11(9(2)3)19(22)24-23-15/h5-7,9H,4,8H2,1-3H3. The minimum absolute atomic E-state index is 0.119. The largest absolute Gasteiger partial charge is 0.434 e. The average Bonchev–Trinajstić information content (AvgIpc) is 2.65. The van der Waals surface area contributed by atoms with Crippen molar-refractivity contribution in [3.8, 4) is 11.6 Å². The number of halogens is 3. The van der Waals surface area contributed by atoms with E-state index in [0.717, 1.165) is 5.56 Å². The number of hydrogen-bond donors (Lipinski definition) is 0. The van der Waals surface area contributed by atoms with E-state index in [1.54, 1.807) is 13.0 Å². The number of hydrazone groups is 1. The van der Waals surface area contributed by atoms with Gasteiger partial charge in [0.15, 0.2) is 16.7 Å². The summed E-state index contributed by atoms with van der Waals surface area (Å²) in [6.07, 6.45) is -0.251. The Labute approximate surface area is 182 Å². The first-order valence-electron chi connectivity index (χ1n) is 8.83. The summed E-state index contributed by atoms with van der Waals surface area (Å²) >= 11 is 18.8. The highest BCUT2D eigenvalue weighted by Gasteiger charge is 2.28. The Bertz CT molecular complexity index is 1000. The second kappa shape index (κ2) is 8.65. The molecule has 1 aromatic heterocycles. The van der Waals surface area contributed by atoms with Crippen molar-refractivity contribution < 1.29 is 14.3 Å². The van der Waals surface area contributed by atoms with E-state index in [4.69, 9.17) is 39.5 Å². The van der Waals surface area contributed by atoms with Crippen molar-refractivity contribution >= 4 is 52.2 Å². The zero-order chi connectivity index (χ0) is 21.3. The number of ether oxygens (including phenoxy) is 1. The Balaban J connectivity index is 1.96.